The number of likely N-dealkylation sites (tertiary alicyclic amines) is 1. The highest BCUT2D eigenvalue weighted by molar-refractivity contribution is 5.94. The van der Waals surface area contributed by atoms with Crippen LogP contribution in [0.5, 0.6) is 0 Å². The predicted molar refractivity (Wildman–Crippen MR) is 89.4 cm³/mol. The van der Waals surface area contributed by atoms with Crippen molar-refractivity contribution in [1.82, 2.24) is 10.2 Å². The van der Waals surface area contributed by atoms with Crippen LogP contribution < -0.4 is 5.32 Å². The maximum absolute atomic E-state index is 12.3. The van der Waals surface area contributed by atoms with Crippen LogP contribution in [-0.4, -0.2) is 41.6 Å². The Balaban J connectivity index is 1.97. The van der Waals surface area contributed by atoms with Gasteiger partial charge in [-0.2, -0.15) is 0 Å². The summed E-state index contributed by atoms with van der Waals surface area (Å²) < 4.78 is 5.44. The van der Waals surface area contributed by atoms with Crippen molar-refractivity contribution < 1.29 is 14.3 Å². The lowest BCUT2D eigenvalue weighted by molar-refractivity contribution is 0.0242. The largest absolute Gasteiger partial charge is 0.444 e. The maximum atomic E-state index is 12.3. The highest BCUT2D eigenvalue weighted by Gasteiger charge is 2.27. The van der Waals surface area contributed by atoms with E-state index in [0.29, 0.717) is 18.7 Å². The highest BCUT2D eigenvalue weighted by atomic mass is 16.6. The third kappa shape index (κ3) is 5.58. The molecule has 5 heteroatoms. The molecule has 1 N–H and O–H groups in total. The Hall–Kier alpha value is -2.04. The average Bonchev–Trinajstić information content (AvgIpc) is 2.72. The number of hydrogen-bond donors (Lipinski definition) is 1. The molecule has 1 atom stereocenters. The summed E-state index contributed by atoms with van der Waals surface area (Å²) in [5.41, 5.74) is 0.132. The Morgan fingerprint density at radius 3 is 2.52 bits per heavy atom. The molecule has 0 bridgehead atoms. The van der Waals surface area contributed by atoms with Crippen LogP contribution in [0.2, 0.25) is 0 Å². The third-order valence-corrected chi connectivity index (χ3v) is 3.69. The van der Waals surface area contributed by atoms with Gasteiger partial charge in [-0.3, -0.25) is 4.79 Å². The summed E-state index contributed by atoms with van der Waals surface area (Å²) in [5, 5.41) is 3.03. The summed E-state index contributed by atoms with van der Waals surface area (Å²) in [5.74, 6) is -0.0957. The summed E-state index contributed by atoms with van der Waals surface area (Å²) >= 11 is 0. The normalized spacial score (nSPS) is 18.9. The Morgan fingerprint density at radius 2 is 1.87 bits per heavy atom. The van der Waals surface area contributed by atoms with Gasteiger partial charge in [-0.05, 0) is 52.2 Å². The molecule has 1 unspecified atom stereocenters. The van der Waals surface area contributed by atoms with E-state index in [4.69, 9.17) is 4.74 Å². The number of nitrogens with zero attached hydrogens (tertiary/aromatic N) is 1. The van der Waals surface area contributed by atoms with Crippen molar-refractivity contribution in [3.63, 3.8) is 0 Å². The van der Waals surface area contributed by atoms with E-state index in [1.807, 2.05) is 39.0 Å². The van der Waals surface area contributed by atoms with Crippen molar-refractivity contribution in [3.8, 4) is 0 Å². The SMILES string of the molecule is CC(C)(C)OC(=O)N1CCCCC(NC(=O)c2ccccc2)C1. The van der Waals surface area contributed by atoms with Crippen molar-refractivity contribution in [3.05, 3.63) is 35.9 Å². The van der Waals surface area contributed by atoms with E-state index < -0.39 is 5.60 Å². The number of rotatable bonds is 2. The molecule has 23 heavy (non-hydrogen) atoms. The lowest BCUT2D eigenvalue weighted by atomic mass is 10.1. The first kappa shape index (κ1) is 17.3. The summed E-state index contributed by atoms with van der Waals surface area (Å²) in [4.78, 5) is 26.2. The summed E-state index contributed by atoms with van der Waals surface area (Å²) in [6, 6.07) is 9.10. The first-order valence-electron chi connectivity index (χ1n) is 8.19. The van der Waals surface area contributed by atoms with E-state index in [9.17, 15) is 9.59 Å². The van der Waals surface area contributed by atoms with Gasteiger partial charge < -0.3 is 15.0 Å². The van der Waals surface area contributed by atoms with Crippen LogP contribution in [-0.2, 0) is 4.74 Å². The van der Waals surface area contributed by atoms with E-state index in [1.54, 1.807) is 17.0 Å². The monoisotopic (exact) mass is 318 g/mol. The lowest BCUT2D eigenvalue weighted by Gasteiger charge is -2.28. The number of amides is 2. The Kier molecular flexibility index (Phi) is 5.64. The molecule has 0 spiro atoms. The summed E-state index contributed by atoms with van der Waals surface area (Å²) in [6.07, 6.45) is 2.48. The van der Waals surface area contributed by atoms with Crippen LogP contribution in [0.4, 0.5) is 4.79 Å². The number of carbonyl (C=O) groups excluding carboxylic acids is 2. The van der Waals surface area contributed by atoms with E-state index in [-0.39, 0.29) is 18.0 Å². The van der Waals surface area contributed by atoms with Gasteiger partial charge in [0.25, 0.3) is 5.91 Å². The molecule has 0 aromatic heterocycles. The third-order valence-electron chi connectivity index (χ3n) is 3.69. The van der Waals surface area contributed by atoms with Crippen molar-refractivity contribution in [2.24, 2.45) is 0 Å². The van der Waals surface area contributed by atoms with E-state index >= 15 is 0 Å². The number of nitrogens with one attached hydrogen (secondary N) is 1. The molecule has 5 nitrogen and oxygen atoms in total. The Labute approximate surface area is 138 Å². The van der Waals surface area contributed by atoms with Crippen LogP contribution in [0, 0.1) is 0 Å². The van der Waals surface area contributed by atoms with E-state index in [2.05, 4.69) is 5.32 Å². The van der Waals surface area contributed by atoms with Gasteiger partial charge in [0.2, 0.25) is 0 Å². The summed E-state index contributed by atoms with van der Waals surface area (Å²) in [7, 11) is 0. The minimum absolute atomic E-state index is 0.0438. The van der Waals surface area contributed by atoms with Gasteiger partial charge in [-0.1, -0.05) is 18.2 Å². The molecule has 126 valence electrons. The van der Waals surface area contributed by atoms with Crippen molar-refractivity contribution >= 4 is 12.0 Å². The number of benzene rings is 1. The topological polar surface area (TPSA) is 58.6 Å². The molecular weight excluding hydrogens is 292 g/mol. The number of carbonyl (C=O) groups is 2. The fourth-order valence-corrected chi connectivity index (χ4v) is 2.61. The molecule has 2 rings (SSSR count). The van der Waals surface area contributed by atoms with E-state index in [0.717, 1.165) is 19.3 Å². The zero-order valence-electron chi connectivity index (χ0n) is 14.2. The van der Waals surface area contributed by atoms with Crippen molar-refractivity contribution in [2.45, 2.75) is 51.7 Å². The zero-order valence-corrected chi connectivity index (χ0v) is 14.2. The molecule has 0 radical (unpaired) electrons. The van der Waals surface area contributed by atoms with Crippen LogP contribution in [0.25, 0.3) is 0 Å². The second-order valence-corrected chi connectivity index (χ2v) is 6.96. The van der Waals surface area contributed by atoms with Crippen LogP contribution in [0.3, 0.4) is 0 Å². The lowest BCUT2D eigenvalue weighted by Crippen LogP contribution is -2.46. The Bertz CT molecular complexity index is 537. The van der Waals surface area contributed by atoms with Crippen LogP contribution >= 0.6 is 0 Å². The molecule has 1 heterocycles. The molecule has 1 aromatic carbocycles. The molecule has 2 amide bonds. The smallest absolute Gasteiger partial charge is 0.410 e. The van der Waals surface area contributed by atoms with Gasteiger partial charge >= 0.3 is 6.09 Å². The first-order chi connectivity index (χ1) is 10.8. The average molecular weight is 318 g/mol. The number of ether oxygens (including phenoxy) is 1. The molecule has 1 saturated heterocycles. The molecule has 0 aliphatic carbocycles. The molecule has 1 aliphatic heterocycles. The van der Waals surface area contributed by atoms with Gasteiger partial charge in [0.05, 0.1) is 0 Å². The maximum Gasteiger partial charge on any atom is 0.410 e. The second-order valence-electron chi connectivity index (χ2n) is 6.96. The van der Waals surface area contributed by atoms with Crippen LogP contribution in [0.1, 0.15) is 50.4 Å². The summed E-state index contributed by atoms with van der Waals surface area (Å²) in [6.45, 7) is 6.74. The second kappa shape index (κ2) is 7.49. The molecular formula is C18H26N2O3. The van der Waals surface area contributed by atoms with Gasteiger partial charge in [-0.25, -0.2) is 4.79 Å². The van der Waals surface area contributed by atoms with Crippen molar-refractivity contribution in [2.75, 3.05) is 13.1 Å². The van der Waals surface area contributed by atoms with Gasteiger partial charge in [0, 0.05) is 24.7 Å². The predicted octanol–water partition coefficient (Wildman–Crippen LogP) is 3.21. The van der Waals surface area contributed by atoms with Gasteiger partial charge in [0.1, 0.15) is 5.60 Å². The first-order valence-corrected chi connectivity index (χ1v) is 8.19. The van der Waals surface area contributed by atoms with Crippen molar-refractivity contribution in [1.29, 1.82) is 0 Å². The van der Waals surface area contributed by atoms with E-state index in [1.165, 1.54) is 0 Å². The Morgan fingerprint density at radius 1 is 1.17 bits per heavy atom. The molecule has 0 saturated carbocycles. The van der Waals surface area contributed by atoms with Gasteiger partial charge in [0.15, 0.2) is 0 Å². The molecule has 1 aromatic rings. The highest BCUT2D eigenvalue weighted by Crippen LogP contribution is 2.16. The minimum Gasteiger partial charge on any atom is -0.444 e. The molecule has 1 aliphatic rings. The fourth-order valence-electron chi connectivity index (χ4n) is 2.61. The van der Waals surface area contributed by atoms with Crippen LogP contribution in [0.15, 0.2) is 30.3 Å². The standard InChI is InChI=1S/C18H26N2O3/c1-18(2,3)23-17(22)20-12-8-7-11-15(13-20)19-16(21)14-9-5-4-6-10-14/h4-6,9-10,15H,7-8,11-13H2,1-3H3,(H,19,21). The zero-order chi connectivity index (χ0) is 16.9. The fraction of sp³-hybridized carbons (Fsp3) is 0.556. The minimum atomic E-state index is -0.508. The number of hydrogen-bond acceptors (Lipinski definition) is 3. The van der Waals surface area contributed by atoms with Gasteiger partial charge in [-0.15, -0.1) is 0 Å². The molecule has 1 fully saturated rings. The quantitative estimate of drug-likeness (QED) is 0.911.